The average Bonchev–Trinajstić information content (AvgIpc) is 2.45. The Hall–Kier alpha value is -1.83. The molecule has 2 N–H and O–H groups in total. The van der Waals surface area contributed by atoms with Crippen molar-refractivity contribution in [2.75, 3.05) is 26.9 Å². The summed E-state index contributed by atoms with van der Waals surface area (Å²) in [5, 5.41) is 11.4. The molecule has 2 atom stereocenters. The summed E-state index contributed by atoms with van der Waals surface area (Å²) < 4.78 is 9.76. The molecule has 0 radical (unpaired) electrons. The van der Waals surface area contributed by atoms with Crippen molar-refractivity contribution < 1.29 is 29.0 Å². The third kappa shape index (κ3) is 4.09. The standard InChI is InChI=1S/C12H20N2O6/c1-3-4-8(10(15)16)13-12(18)14-5-6-20-7-9(14)11(17)19-2/h8-9H,3-7H2,1-2H3,(H,13,18)(H,15,16). The van der Waals surface area contributed by atoms with E-state index in [1.807, 2.05) is 6.92 Å². The van der Waals surface area contributed by atoms with E-state index in [0.717, 1.165) is 0 Å². The number of amides is 2. The van der Waals surface area contributed by atoms with Crippen LogP contribution >= 0.6 is 0 Å². The lowest BCUT2D eigenvalue weighted by Crippen LogP contribution is -2.58. The Bertz CT molecular complexity index is 373. The van der Waals surface area contributed by atoms with Gasteiger partial charge in [0.05, 0.1) is 20.3 Å². The van der Waals surface area contributed by atoms with Crippen LogP contribution in [0.5, 0.6) is 0 Å². The monoisotopic (exact) mass is 288 g/mol. The van der Waals surface area contributed by atoms with E-state index in [-0.39, 0.29) is 13.2 Å². The zero-order valence-electron chi connectivity index (χ0n) is 11.6. The van der Waals surface area contributed by atoms with Gasteiger partial charge >= 0.3 is 18.0 Å². The van der Waals surface area contributed by atoms with Crippen LogP contribution in [0.2, 0.25) is 0 Å². The number of methoxy groups -OCH3 is 1. The number of carbonyl (C=O) groups excluding carboxylic acids is 2. The Kier molecular flexibility index (Phi) is 6.23. The van der Waals surface area contributed by atoms with Crippen LogP contribution in [-0.2, 0) is 19.1 Å². The van der Waals surface area contributed by atoms with Crippen molar-refractivity contribution in [3.8, 4) is 0 Å². The van der Waals surface area contributed by atoms with Crippen molar-refractivity contribution in [1.82, 2.24) is 10.2 Å². The predicted molar refractivity (Wildman–Crippen MR) is 68.2 cm³/mol. The molecule has 1 heterocycles. The number of carboxylic acids is 1. The van der Waals surface area contributed by atoms with E-state index < -0.39 is 30.1 Å². The molecule has 0 aromatic rings. The van der Waals surface area contributed by atoms with Crippen LogP contribution < -0.4 is 5.32 Å². The summed E-state index contributed by atoms with van der Waals surface area (Å²) in [6.07, 6.45) is 0.953. The van der Waals surface area contributed by atoms with Crippen molar-refractivity contribution in [2.45, 2.75) is 31.8 Å². The first-order chi connectivity index (χ1) is 9.51. The van der Waals surface area contributed by atoms with Crippen LogP contribution in [0.25, 0.3) is 0 Å². The number of aliphatic carboxylic acids is 1. The van der Waals surface area contributed by atoms with Gasteiger partial charge in [-0.25, -0.2) is 14.4 Å². The molecular formula is C12H20N2O6. The van der Waals surface area contributed by atoms with Crippen LogP contribution in [0.15, 0.2) is 0 Å². The summed E-state index contributed by atoms with van der Waals surface area (Å²) >= 11 is 0. The summed E-state index contributed by atoms with van der Waals surface area (Å²) in [6, 6.07) is -2.40. The number of nitrogens with one attached hydrogen (secondary N) is 1. The molecule has 0 saturated carbocycles. The maximum Gasteiger partial charge on any atom is 0.331 e. The molecule has 0 aromatic heterocycles. The first-order valence-electron chi connectivity index (χ1n) is 6.46. The van der Waals surface area contributed by atoms with E-state index in [1.165, 1.54) is 12.0 Å². The minimum absolute atomic E-state index is 0.0472. The molecule has 0 spiro atoms. The van der Waals surface area contributed by atoms with Crippen molar-refractivity contribution in [3.63, 3.8) is 0 Å². The van der Waals surface area contributed by atoms with Gasteiger partial charge in [-0.1, -0.05) is 13.3 Å². The number of urea groups is 1. The van der Waals surface area contributed by atoms with E-state index in [9.17, 15) is 14.4 Å². The number of carbonyl (C=O) groups is 3. The van der Waals surface area contributed by atoms with Crippen LogP contribution in [0, 0.1) is 0 Å². The molecule has 0 aliphatic carbocycles. The highest BCUT2D eigenvalue weighted by atomic mass is 16.5. The molecule has 0 bridgehead atoms. The summed E-state index contributed by atoms with van der Waals surface area (Å²) in [6.45, 7) is 2.39. The Balaban J connectivity index is 2.71. The van der Waals surface area contributed by atoms with Gasteiger partial charge in [0.2, 0.25) is 0 Å². The summed E-state index contributed by atoms with van der Waals surface area (Å²) in [4.78, 5) is 36.0. The molecule has 8 heteroatoms. The van der Waals surface area contributed by atoms with E-state index >= 15 is 0 Å². The fourth-order valence-electron chi connectivity index (χ4n) is 1.96. The van der Waals surface area contributed by atoms with Crippen LogP contribution in [0.3, 0.4) is 0 Å². The predicted octanol–water partition coefficient (Wildman–Crippen LogP) is -0.177. The molecule has 0 aromatic carbocycles. The highest BCUT2D eigenvalue weighted by Crippen LogP contribution is 2.10. The number of ether oxygens (including phenoxy) is 2. The zero-order chi connectivity index (χ0) is 15.1. The number of esters is 1. The van der Waals surface area contributed by atoms with Gasteiger partial charge < -0.3 is 24.8 Å². The van der Waals surface area contributed by atoms with Gasteiger partial charge in [-0.15, -0.1) is 0 Å². The molecule has 2 amide bonds. The van der Waals surface area contributed by atoms with Gasteiger partial charge in [0, 0.05) is 6.54 Å². The number of rotatable bonds is 5. The Labute approximate surface area is 117 Å². The van der Waals surface area contributed by atoms with Crippen molar-refractivity contribution in [2.24, 2.45) is 0 Å². The number of carboxylic acid groups (broad SMARTS) is 1. The molecule has 8 nitrogen and oxygen atoms in total. The fraction of sp³-hybridized carbons (Fsp3) is 0.750. The van der Waals surface area contributed by atoms with Gasteiger partial charge in [0.25, 0.3) is 0 Å². The smallest absolute Gasteiger partial charge is 0.331 e. The molecule has 114 valence electrons. The first kappa shape index (κ1) is 16.2. The fourth-order valence-corrected chi connectivity index (χ4v) is 1.96. The van der Waals surface area contributed by atoms with Crippen molar-refractivity contribution >= 4 is 18.0 Å². The van der Waals surface area contributed by atoms with Crippen LogP contribution in [0.4, 0.5) is 4.79 Å². The normalized spacial score (nSPS) is 20.1. The molecule has 2 unspecified atom stereocenters. The largest absolute Gasteiger partial charge is 0.480 e. The second-order valence-electron chi connectivity index (χ2n) is 4.44. The number of hydrogen-bond donors (Lipinski definition) is 2. The maximum atomic E-state index is 12.1. The Morgan fingerprint density at radius 3 is 2.75 bits per heavy atom. The van der Waals surface area contributed by atoms with Gasteiger partial charge in [-0.3, -0.25) is 0 Å². The van der Waals surface area contributed by atoms with Crippen LogP contribution in [0.1, 0.15) is 19.8 Å². The molecule has 20 heavy (non-hydrogen) atoms. The van der Waals surface area contributed by atoms with E-state index in [4.69, 9.17) is 9.84 Å². The number of hydrogen-bond acceptors (Lipinski definition) is 5. The summed E-state index contributed by atoms with van der Waals surface area (Å²) in [7, 11) is 1.23. The van der Waals surface area contributed by atoms with Crippen molar-refractivity contribution in [3.05, 3.63) is 0 Å². The van der Waals surface area contributed by atoms with E-state index in [2.05, 4.69) is 10.1 Å². The molecule has 1 saturated heterocycles. The Morgan fingerprint density at radius 2 is 2.20 bits per heavy atom. The van der Waals surface area contributed by atoms with Gasteiger partial charge in [0.1, 0.15) is 6.04 Å². The Morgan fingerprint density at radius 1 is 1.50 bits per heavy atom. The van der Waals surface area contributed by atoms with Gasteiger partial charge in [-0.05, 0) is 6.42 Å². The highest BCUT2D eigenvalue weighted by Gasteiger charge is 2.35. The molecular weight excluding hydrogens is 268 g/mol. The lowest BCUT2D eigenvalue weighted by Gasteiger charge is -2.34. The molecule has 1 aliphatic rings. The third-order valence-corrected chi connectivity index (χ3v) is 3.04. The first-order valence-corrected chi connectivity index (χ1v) is 6.46. The lowest BCUT2D eigenvalue weighted by atomic mass is 10.1. The average molecular weight is 288 g/mol. The second kappa shape index (κ2) is 7.68. The second-order valence-corrected chi connectivity index (χ2v) is 4.44. The minimum Gasteiger partial charge on any atom is -0.480 e. The highest BCUT2D eigenvalue weighted by molar-refractivity contribution is 5.86. The minimum atomic E-state index is -1.09. The van der Waals surface area contributed by atoms with Crippen molar-refractivity contribution in [1.29, 1.82) is 0 Å². The molecule has 1 aliphatic heterocycles. The van der Waals surface area contributed by atoms with Gasteiger partial charge in [0.15, 0.2) is 6.04 Å². The van der Waals surface area contributed by atoms with E-state index in [1.54, 1.807) is 0 Å². The van der Waals surface area contributed by atoms with Gasteiger partial charge in [-0.2, -0.15) is 0 Å². The number of nitrogens with zero attached hydrogens (tertiary/aromatic N) is 1. The SMILES string of the molecule is CCCC(NC(=O)N1CCOCC1C(=O)OC)C(=O)O. The lowest BCUT2D eigenvalue weighted by molar-refractivity contribution is -0.151. The summed E-state index contributed by atoms with van der Waals surface area (Å²) in [5.41, 5.74) is 0. The maximum absolute atomic E-state index is 12.1. The quantitative estimate of drug-likeness (QED) is 0.680. The number of morpholine rings is 1. The zero-order valence-corrected chi connectivity index (χ0v) is 11.6. The topological polar surface area (TPSA) is 105 Å². The molecule has 1 fully saturated rings. The van der Waals surface area contributed by atoms with E-state index in [0.29, 0.717) is 19.4 Å². The summed E-state index contributed by atoms with van der Waals surface area (Å²) in [5.74, 6) is -1.68. The molecule has 1 rings (SSSR count). The third-order valence-electron chi connectivity index (χ3n) is 3.04. The van der Waals surface area contributed by atoms with Crippen LogP contribution in [-0.4, -0.2) is 66.9 Å².